The van der Waals surface area contributed by atoms with Crippen molar-refractivity contribution in [3.8, 4) is 17.2 Å². The van der Waals surface area contributed by atoms with Crippen molar-refractivity contribution in [3.05, 3.63) is 17.7 Å². The minimum Gasteiger partial charge on any atom is -0.493 e. The number of piperidine rings is 1. The van der Waals surface area contributed by atoms with Crippen LogP contribution < -0.4 is 19.5 Å². The van der Waals surface area contributed by atoms with Crippen molar-refractivity contribution >= 4 is 5.91 Å². The summed E-state index contributed by atoms with van der Waals surface area (Å²) in [6.45, 7) is 4.75. The van der Waals surface area contributed by atoms with Crippen LogP contribution in [0.3, 0.4) is 0 Å². The fourth-order valence-corrected chi connectivity index (χ4v) is 3.18. The molecule has 2 rings (SSSR count). The van der Waals surface area contributed by atoms with Crippen molar-refractivity contribution in [2.24, 2.45) is 0 Å². The highest BCUT2D eigenvalue weighted by Crippen LogP contribution is 2.38. The summed E-state index contributed by atoms with van der Waals surface area (Å²) in [5.41, 5.74) is 0.566. The Morgan fingerprint density at radius 3 is 2.17 bits per heavy atom. The van der Waals surface area contributed by atoms with Crippen molar-refractivity contribution < 1.29 is 19.0 Å². The van der Waals surface area contributed by atoms with Gasteiger partial charge in [0.05, 0.1) is 21.3 Å². The molecule has 6 nitrogen and oxygen atoms in total. The number of hydrogen-bond acceptors (Lipinski definition) is 5. The SMILES string of the molecule is CCCN(C(=O)c1cc(OC)c(OC)c(OC)c1)C1CCNCC1. The summed E-state index contributed by atoms with van der Waals surface area (Å²) >= 11 is 0. The largest absolute Gasteiger partial charge is 0.493 e. The maximum atomic E-state index is 13.1. The van der Waals surface area contributed by atoms with E-state index in [4.69, 9.17) is 14.2 Å². The number of benzene rings is 1. The van der Waals surface area contributed by atoms with Crippen molar-refractivity contribution in [2.45, 2.75) is 32.2 Å². The van der Waals surface area contributed by atoms with Crippen LogP contribution in [0.5, 0.6) is 17.2 Å². The summed E-state index contributed by atoms with van der Waals surface area (Å²) in [6.07, 6.45) is 2.90. The maximum absolute atomic E-state index is 13.1. The third-order valence-corrected chi connectivity index (χ3v) is 4.39. The zero-order valence-electron chi connectivity index (χ0n) is 15.1. The number of carbonyl (C=O) groups is 1. The zero-order valence-corrected chi connectivity index (χ0v) is 15.1. The average Bonchev–Trinajstić information content (AvgIpc) is 2.64. The van der Waals surface area contributed by atoms with E-state index >= 15 is 0 Å². The standard InChI is InChI=1S/C18H28N2O4/c1-5-10-20(14-6-8-19-9-7-14)18(21)13-11-15(22-2)17(24-4)16(12-13)23-3/h11-12,14,19H,5-10H2,1-4H3. The predicted molar refractivity (Wildman–Crippen MR) is 93.3 cm³/mol. The van der Waals surface area contributed by atoms with Gasteiger partial charge in [-0.2, -0.15) is 0 Å². The normalized spacial score (nSPS) is 15.0. The van der Waals surface area contributed by atoms with E-state index in [0.717, 1.165) is 38.9 Å². The number of nitrogens with one attached hydrogen (secondary N) is 1. The summed E-state index contributed by atoms with van der Waals surface area (Å²) < 4.78 is 16.1. The molecule has 1 aromatic carbocycles. The molecule has 1 heterocycles. The Morgan fingerprint density at radius 1 is 1.12 bits per heavy atom. The summed E-state index contributed by atoms with van der Waals surface area (Å²) in [4.78, 5) is 15.1. The first-order valence-electron chi connectivity index (χ1n) is 8.47. The molecule has 1 amide bonds. The summed E-state index contributed by atoms with van der Waals surface area (Å²) in [5, 5.41) is 3.35. The van der Waals surface area contributed by atoms with E-state index < -0.39 is 0 Å². The second-order valence-corrected chi connectivity index (χ2v) is 5.89. The summed E-state index contributed by atoms with van der Waals surface area (Å²) in [6, 6.07) is 3.73. The molecule has 1 fully saturated rings. The number of hydrogen-bond donors (Lipinski definition) is 1. The molecule has 1 aliphatic heterocycles. The van der Waals surface area contributed by atoms with Gasteiger partial charge >= 0.3 is 0 Å². The van der Waals surface area contributed by atoms with Crippen LogP contribution in [0.15, 0.2) is 12.1 Å². The maximum Gasteiger partial charge on any atom is 0.254 e. The van der Waals surface area contributed by atoms with Crippen LogP contribution in [-0.4, -0.2) is 57.8 Å². The number of ether oxygens (including phenoxy) is 3. The summed E-state index contributed by atoms with van der Waals surface area (Å²) in [5.74, 6) is 1.52. The van der Waals surface area contributed by atoms with Crippen molar-refractivity contribution in [3.63, 3.8) is 0 Å². The van der Waals surface area contributed by atoms with Crippen LogP contribution in [0.2, 0.25) is 0 Å². The molecule has 0 unspecified atom stereocenters. The molecule has 6 heteroatoms. The summed E-state index contributed by atoms with van der Waals surface area (Å²) in [7, 11) is 4.67. The second-order valence-electron chi connectivity index (χ2n) is 5.89. The number of rotatable bonds is 7. The molecule has 24 heavy (non-hydrogen) atoms. The van der Waals surface area contributed by atoms with Gasteiger partial charge in [0.25, 0.3) is 5.91 Å². The Hall–Kier alpha value is -1.95. The Labute approximate surface area is 144 Å². The molecule has 1 aromatic rings. The Bertz CT molecular complexity index is 531. The van der Waals surface area contributed by atoms with Crippen LogP contribution in [-0.2, 0) is 0 Å². The van der Waals surface area contributed by atoms with E-state index in [1.54, 1.807) is 33.5 Å². The molecular formula is C18H28N2O4. The van der Waals surface area contributed by atoms with Gasteiger partial charge in [-0.05, 0) is 44.5 Å². The van der Waals surface area contributed by atoms with Gasteiger partial charge in [0, 0.05) is 18.2 Å². The lowest BCUT2D eigenvalue weighted by atomic mass is 10.0. The van der Waals surface area contributed by atoms with Crippen molar-refractivity contribution in [2.75, 3.05) is 41.0 Å². The third-order valence-electron chi connectivity index (χ3n) is 4.39. The molecular weight excluding hydrogens is 308 g/mol. The van der Waals surface area contributed by atoms with E-state index in [0.29, 0.717) is 22.8 Å². The van der Waals surface area contributed by atoms with Gasteiger partial charge in [0.2, 0.25) is 5.75 Å². The van der Waals surface area contributed by atoms with Gasteiger partial charge in [-0.15, -0.1) is 0 Å². The zero-order chi connectivity index (χ0) is 17.5. The molecule has 1 N–H and O–H groups in total. The van der Waals surface area contributed by atoms with Crippen LogP contribution in [0.1, 0.15) is 36.5 Å². The lowest BCUT2D eigenvalue weighted by molar-refractivity contribution is 0.0642. The second kappa shape index (κ2) is 8.78. The molecule has 0 radical (unpaired) electrons. The van der Waals surface area contributed by atoms with Gasteiger partial charge < -0.3 is 24.4 Å². The highest BCUT2D eigenvalue weighted by Gasteiger charge is 2.27. The van der Waals surface area contributed by atoms with E-state index in [1.807, 2.05) is 4.90 Å². The first-order chi connectivity index (χ1) is 11.7. The van der Waals surface area contributed by atoms with E-state index in [9.17, 15) is 4.79 Å². The highest BCUT2D eigenvalue weighted by atomic mass is 16.5. The monoisotopic (exact) mass is 336 g/mol. The number of nitrogens with zero attached hydrogens (tertiary/aromatic N) is 1. The van der Waals surface area contributed by atoms with Crippen LogP contribution in [0, 0.1) is 0 Å². The molecule has 134 valence electrons. The lowest BCUT2D eigenvalue weighted by Crippen LogP contribution is -2.46. The fourth-order valence-electron chi connectivity index (χ4n) is 3.18. The molecule has 0 spiro atoms. The highest BCUT2D eigenvalue weighted by molar-refractivity contribution is 5.96. The van der Waals surface area contributed by atoms with Crippen LogP contribution in [0.25, 0.3) is 0 Å². The van der Waals surface area contributed by atoms with E-state index in [1.165, 1.54) is 0 Å². The van der Waals surface area contributed by atoms with Gasteiger partial charge in [-0.1, -0.05) is 6.92 Å². The van der Waals surface area contributed by atoms with E-state index in [-0.39, 0.29) is 11.9 Å². The first-order valence-corrected chi connectivity index (χ1v) is 8.47. The Kier molecular flexibility index (Phi) is 6.73. The quantitative estimate of drug-likeness (QED) is 0.828. The Balaban J connectivity index is 2.34. The molecule has 0 aliphatic carbocycles. The Morgan fingerprint density at radius 2 is 1.71 bits per heavy atom. The van der Waals surface area contributed by atoms with Gasteiger partial charge in [-0.25, -0.2) is 0 Å². The number of amides is 1. The molecule has 1 aliphatic rings. The van der Waals surface area contributed by atoms with Crippen molar-refractivity contribution in [1.29, 1.82) is 0 Å². The molecule has 1 saturated heterocycles. The predicted octanol–water partition coefficient (Wildman–Crippen LogP) is 2.32. The third kappa shape index (κ3) is 3.93. The minimum absolute atomic E-state index is 0.0167. The first kappa shape index (κ1) is 18.4. The van der Waals surface area contributed by atoms with Crippen molar-refractivity contribution in [1.82, 2.24) is 10.2 Å². The smallest absolute Gasteiger partial charge is 0.254 e. The molecule has 0 atom stereocenters. The minimum atomic E-state index is 0.0167. The van der Waals surface area contributed by atoms with Gasteiger partial charge in [-0.3, -0.25) is 4.79 Å². The van der Waals surface area contributed by atoms with Gasteiger partial charge in [0.1, 0.15) is 0 Å². The number of carbonyl (C=O) groups excluding carboxylic acids is 1. The average molecular weight is 336 g/mol. The van der Waals surface area contributed by atoms with Crippen LogP contribution in [0.4, 0.5) is 0 Å². The van der Waals surface area contributed by atoms with Crippen LogP contribution >= 0.6 is 0 Å². The lowest BCUT2D eigenvalue weighted by Gasteiger charge is -2.34. The topological polar surface area (TPSA) is 60.0 Å². The molecule has 0 saturated carbocycles. The van der Waals surface area contributed by atoms with E-state index in [2.05, 4.69) is 12.2 Å². The molecule has 0 aromatic heterocycles. The fraction of sp³-hybridized carbons (Fsp3) is 0.611. The molecule has 0 bridgehead atoms. The van der Waals surface area contributed by atoms with Gasteiger partial charge in [0.15, 0.2) is 11.5 Å². The number of methoxy groups -OCH3 is 3.